The van der Waals surface area contributed by atoms with Gasteiger partial charge in [0, 0.05) is 29.9 Å². The first-order valence-corrected chi connectivity index (χ1v) is 8.69. The van der Waals surface area contributed by atoms with E-state index in [4.69, 9.17) is 4.74 Å². The monoisotopic (exact) mass is 375 g/mol. The first kappa shape index (κ1) is 19.0. The Labute approximate surface area is 163 Å². The van der Waals surface area contributed by atoms with Gasteiger partial charge >= 0.3 is 0 Å². The van der Waals surface area contributed by atoms with Gasteiger partial charge in [-0.15, -0.1) is 0 Å². The number of benzene rings is 1. The van der Waals surface area contributed by atoms with Crippen molar-refractivity contribution in [3.63, 3.8) is 0 Å². The maximum absolute atomic E-state index is 11.8. The Kier molecular flexibility index (Phi) is 5.96. The summed E-state index contributed by atoms with van der Waals surface area (Å²) in [6.45, 7) is 5.45. The molecule has 28 heavy (non-hydrogen) atoms. The van der Waals surface area contributed by atoms with Gasteiger partial charge in [-0.1, -0.05) is 24.8 Å². The number of carbonyl (C=O) groups excluding carboxylic acids is 1. The van der Waals surface area contributed by atoms with Gasteiger partial charge in [0.2, 0.25) is 5.95 Å². The van der Waals surface area contributed by atoms with Gasteiger partial charge in [-0.3, -0.25) is 9.78 Å². The van der Waals surface area contributed by atoms with Crippen LogP contribution in [0.4, 0.5) is 23.1 Å². The van der Waals surface area contributed by atoms with Gasteiger partial charge in [-0.2, -0.15) is 4.98 Å². The zero-order valence-corrected chi connectivity index (χ0v) is 15.8. The van der Waals surface area contributed by atoms with Crippen molar-refractivity contribution in [3.05, 3.63) is 72.7 Å². The Bertz CT molecular complexity index is 1000. The van der Waals surface area contributed by atoms with Crippen LogP contribution in [0.5, 0.6) is 5.75 Å². The molecule has 0 saturated carbocycles. The Morgan fingerprint density at radius 2 is 2.04 bits per heavy atom. The van der Waals surface area contributed by atoms with Crippen LogP contribution in [-0.4, -0.2) is 27.8 Å². The lowest BCUT2D eigenvalue weighted by Crippen LogP contribution is -2.06. The maximum Gasteiger partial charge on any atom is 0.229 e. The number of ether oxygens (including phenoxy) is 1. The fraction of sp³-hybridized carbons (Fsp3) is 0.143. The number of hydrogen-bond acceptors (Lipinski definition) is 7. The second-order valence-corrected chi connectivity index (χ2v) is 6.09. The van der Waals surface area contributed by atoms with Crippen molar-refractivity contribution in [2.45, 2.75) is 13.3 Å². The molecule has 0 atom stereocenters. The van der Waals surface area contributed by atoms with Crippen LogP contribution in [0.25, 0.3) is 0 Å². The number of methoxy groups -OCH3 is 1. The number of para-hydroxylation sites is 1. The van der Waals surface area contributed by atoms with Crippen LogP contribution < -0.4 is 15.4 Å². The number of rotatable bonds is 8. The molecule has 3 aromatic rings. The van der Waals surface area contributed by atoms with Crippen molar-refractivity contribution in [2.75, 3.05) is 17.7 Å². The first-order chi connectivity index (χ1) is 13.6. The number of hydrogen-bond donors (Lipinski definition) is 2. The number of ketones is 1. The van der Waals surface area contributed by atoms with E-state index >= 15 is 0 Å². The van der Waals surface area contributed by atoms with E-state index in [2.05, 4.69) is 32.2 Å². The second kappa shape index (κ2) is 8.77. The smallest absolute Gasteiger partial charge is 0.229 e. The summed E-state index contributed by atoms with van der Waals surface area (Å²) < 4.78 is 5.18. The zero-order valence-electron chi connectivity index (χ0n) is 15.8. The molecular formula is C21H21N5O2. The predicted molar refractivity (Wildman–Crippen MR) is 109 cm³/mol. The molecule has 0 fully saturated rings. The van der Waals surface area contributed by atoms with Gasteiger partial charge in [0.25, 0.3) is 0 Å². The lowest BCUT2D eigenvalue weighted by molar-refractivity contribution is -0.114. The summed E-state index contributed by atoms with van der Waals surface area (Å²) in [5, 5.41) is 6.42. The van der Waals surface area contributed by atoms with Crippen LogP contribution >= 0.6 is 0 Å². The Balaban J connectivity index is 1.84. The van der Waals surface area contributed by atoms with E-state index in [1.165, 1.54) is 6.08 Å². The van der Waals surface area contributed by atoms with E-state index in [9.17, 15) is 4.79 Å². The Morgan fingerprint density at radius 1 is 1.21 bits per heavy atom. The highest BCUT2D eigenvalue weighted by atomic mass is 16.5. The third kappa shape index (κ3) is 4.70. The number of aryl methyl sites for hydroxylation is 1. The molecule has 0 aliphatic carbocycles. The summed E-state index contributed by atoms with van der Waals surface area (Å²) in [6, 6.07) is 9.42. The molecule has 0 spiro atoms. The van der Waals surface area contributed by atoms with Crippen LogP contribution in [0.2, 0.25) is 0 Å². The molecule has 2 aromatic heterocycles. The van der Waals surface area contributed by atoms with Gasteiger partial charge in [-0.05, 0) is 24.6 Å². The number of allylic oxidation sites excluding steroid dienone is 1. The van der Waals surface area contributed by atoms with Gasteiger partial charge in [0.15, 0.2) is 5.78 Å². The third-order valence-corrected chi connectivity index (χ3v) is 4.04. The van der Waals surface area contributed by atoms with Crippen LogP contribution in [-0.2, 0) is 11.2 Å². The molecule has 7 nitrogen and oxygen atoms in total. The molecular weight excluding hydrogens is 354 g/mol. The van der Waals surface area contributed by atoms with E-state index in [0.717, 1.165) is 16.8 Å². The fourth-order valence-corrected chi connectivity index (χ4v) is 2.54. The lowest BCUT2D eigenvalue weighted by atomic mass is 10.1. The van der Waals surface area contributed by atoms with Crippen LogP contribution in [0.1, 0.15) is 11.1 Å². The Hall–Kier alpha value is -3.74. The minimum Gasteiger partial charge on any atom is -0.495 e. The summed E-state index contributed by atoms with van der Waals surface area (Å²) in [5.74, 6) is 1.66. The fourth-order valence-electron chi connectivity index (χ4n) is 2.54. The van der Waals surface area contributed by atoms with Gasteiger partial charge in [-0.25, -0.2) is 4.98 Å². The minimum absolute atomic E-state index is 0.0402. The van der Waals surface area contributed by atoms with E-state index in [1.807, 2.05) is 31.2 Å². The number of nitrogens with zero attached hydrogens (tertiary/aromatic N) is 3. The molecule has 0 amide bonds. The molecule has 2 heterocycles. The van der Waals surface area contributed by atoms with Gasteiger partial charge in [0.05, 0.1) is 25.2 Å². The number of pyridine rings is 1. The normalized spacial score (nSPS) is 10.2. The standard InChI is InChI=1S/C21H21N5O2/c1-4-17(27)9-15-7-5-6-8-19(15)25-20-14(2)11-23-21(26-20)24-16-10-18(28-3)13-22-12-16/h4-8,10-13H,1,9H2,2-3H3,(H2,23,24,25,26). The number of carbonyl (C=O) groups is 1. The van der Waals surface area contributed by atoms with Crippen molar-refractivity contribution in [3.8, 4) is 5.75 Å². The average Bonchev–Trinajstić information content (AvgIpc) is 2.72. The molecule has 0 unspecified atom stereocenters. The third-order valence-electron chi connectivity index (χ3n) is 4.04. The molecule has 3 rings (SSSR count). The highest BCUT2D eigenvalue weighted by molar-refractivity contribution is 5.92. The second-order valence-electron chi connectivity index (χ2n) is 6.09. The van der Waals surface area contributed by atoms with Crippen molar-refractivity contribution < 1.29 is 9.53 Å². The SMILES string of the molecule is C=CC(=O)Cc1ccccc1Nc1nc(Nc2cncc(OC)c2)ncc1C. The topological polar surface area (TPSA) is 89.0 Å². The van der Waals surface area contributed by atoms with E-state index < -0.39 is 0 Å². The van der Waals surface area contributed by atoms with E-state index in [1.54, 1.807) is 31.8 Å². The van der Waals surface area contributed by atoms with Crippen molar-refractivity contribution in [1.29, 1.82) is 0 Å². The average molecular weight is 375 g/mol. The predicted octanol–water partition coefficient (Wildman–Crippen LogP) is 3.97. The van der Waals surface area contributed by atoms with Crippen LogP contribution in [0.15, 0.2) is 61.6 Å². The molecule has 0 saturated heterocycles. The van der Waals surface area contributed by atoms with Crippen molar-refractivity contribution >= 4 is 28.9 Å². The Morgan fingerprint density at radius 3 is 2.82 bits per heavy atom. The van der Waals surface area contributed by atoms with E-state index in [-0.39, 0.29) is 12.2 Å². The van der Waals surface area contributed by atoms with Crippen molar-refractivity contribution in [1.82, 2.24) is 15.0 Å². The number of aromatic nitrogens is 3. The molecule has 0 aliphatic rings. The molecule has 0 radical (unpaired) electrons. The summed E-state index contributed by atoms with van der Waals surface area (Å²) in [6.07, 6.45) is 6.61. The quantitative estimate of drug-likeness (QED) is 0.576. The maximum atomic E-state index is 11.8. The molecule has 2 N–H and O–H groups in total. The largest absolute Gasteiger partial charge is 0.495 e. The summed E-state index contributed by atoms with van der Waals surface area (Å²) in [4.78, 5) is 24.7. The molecule has 1 aromatic carbocycles. The molecule has 142 valence electrons. The van der Waals surface area contributed by atoms with Crippen LogP contribution in [0.3, 0.4) is 0 Å². The lowest BCUT2D eigenvalue weighted by Gasteiger charge is -2.14. The molecule has 7 heteroatoms. The number of anilines is 4. The summed E-state index contributed by atoms with van der Waals surface area (Å²) in [7, 11) is 1.58. The van der Waals surface area contributed by atoms with E-state index in [0.29, 0.717) is 23.2 Å². The highest BCUT2D eigenvalue weighted by Gasteiger charge is 2.10. The summed E-state index contributed by atoms with van der Waals surface area (Å²) >= 11 is 0. The number of nitrogens with one attached hydrogen (secondary N) is 2. The van der Waals surface area contributed by atoms with Crippen molar-refractivity contribution in [2.24, 2.45) is 0 Å². The van der Waals surface area contributed by atoms with Gasteiger partial charge in [0.1, 0.15) is 11.6 Å². The first-order valence-electron chi connectivity index (χ1n) is 8.69. The molecule has 0 aliphatic heterocycles. The summed E-state index contributed by atoms with van der Waals surface area (Å²) in [5.41, 5.74) is 3.27. The van der Waals surface area contributed by atoms with Crippen LogP contribution in [0, 0.1) is 6.92 Å². The zero-order chi connectivity index (χ0) is 19.9. The van der Waals surface area contributed by atoms with Gasteiger partial charge < -0.3 is 15.4 Å². The minimum atomic E-state index is -0.0402. The molecule has 0 bridgehead atoms. The highest BCUT2D eigenvalue weighted by Crippen LogP contribution is 2.24.